The molecule has 0 saturated carbocycles. The van der Waals surface area contributed by atoms with Gasteiger partial charge in [-0.2, -0.15) is 0 Å². The maximum absolute atomic E-state index is 11.7. The number of nitrogens with one attached hydrogen (secondary N) is 1. The van der Waals surface area contributed by atoms with Gasteiger partial charge in [0.2, 0.25) is 0 Å². The molecule has 2 N–H and O–H groups in total. The van der Waals surface area contributed by atoms with E-state index < -0.39 is 0 Å². The number of halogens is 1. The largest absolute Gasteiger partial charge is 0.451 e. The number of aliphatic hydroxyl groups is 1. The minimum atomic E-state index is -0.320. The predicted molar refractivity (Wildman–Crippen MR) is 67.9 cm³/mol. The van der Waals surface area contributed by atoms with Crippen molar-refractivity contribution in [1.29, 1.82) is 0 Å². The van der Waals surface area contributed by atoms with Crippen LogP contribution in [0.2, 0.25) is 0 Å². The summed E-state index contributed by atoms with van der Waals surface area (Å²) in [4.78, 5) is 11.7. The molecule has 4 nitrogen and oxygen atoms in total. The van der Waals surface area contributed by atoms with E-state index in [4.69, 9.17) is 9.52 Å². The second-order valence-corrected chi connectivity index (χ2v) is 4.77. The van der Waals surface area contributed by atoms with E-state index in [9.17, 15) is 4.79 Å². The molecule has 0 aliphatic heterocycles. The Morgan fingerprint density at radius 2 is 2.29 bits per heavy atom. The lowest BCUT2D eigenvalue weighted by Gasteiger charge is -2.08. The summed E-state index contributed by atoms with van der Waals surface area (Å²) >= 11 is 3.35. The average molecular weight is 298 g/mol. The Morgan fingerprint density at radius 3 is 3.00 bits per heavy atom. The summed E-state index contributed by atoms with van der Waals surface area (Å²) in [6, 6.07) is 6.92. The molecule has 1 unspecified atom stereocenters. The molecule has 0 spiro atoms. The molecule has 2 rings (SSSR count). The highest BCUT2D eigenvalue weighted by Gasteiger charge is 2.14. The number of carbonyl (C=O) groups is 1. The molecule has 0 bridgehead atoms. The molecule has 0 aliphatic carbocycles. The molecular weight excluding hydrogens is 286 g/mol. The van der Waals surface area contributed by atoms with E-state index in [1.807, 2.05) is 12.1 Å². The Hall–Kier alpha value is -1.33. The molecule has 0 fully saturated rings. The highest BCUT2D eigenvalue weighted by molar-refractivity contribution is 9.10. The number of fused-ring (bicyclic) bond motifs is 1. The second kappa shape index (κ2) is 4.89. The number of furan rings is 1. The fraction of sp³-hybridized carbons (Fsp3) is 0.250. The predicted octanol–water partition coefficient (Wildman–Crippen LogP) is 2.31. The SMILES string of the molecule is CC(CO)NC(=O)c1cc2cc(Br)ccc2o1. The number of carbonyl (C=O) groups excluding carboxylic acids is 1. The van der Waals surface area contributed by atoms with Crippen molar-refractivity contribution < 1.29 is 14.3 Å². The first-order chi connectivity index (χ1) is 8.10. The molecular formula is C12H12BrNO3. The molecule has 1 aromatic heterocycles. The first kappa shape index (κ1) is 12.1. The highest BCUT2D eigenvalue weighted by atomic mass is 79.9. The van der Waals surface area contributed by atoms with Gasteiger partial charge in [0.05, 0.1) is 6.61 Å². The van der Waals surface area contributed by atoms with Gasteiger partial charge in [-0.05, 0) is 31.2 Å². The van der Waals surface area contributed by atoms with Gasteiger partial charge in [0.1, 0.15) is 5.58 Å². The molecule has 17 heavy (non-hydrogen) atoms. The second-order valence-electron chi connectivity index (χ2n) is 3.85. The lowest BCUT2D eigenvalue weighted by Crippen LogP contribution is -2.34. The van der Waals surface area contributed by atoms with Crippen LogP contribution >= 0.6 is 15.9 Å². The van der Waals surface area contributed by atoms with Crippen LogP contribution < -0.4 is 5.32 Å². The third-order valence-corrected chi connectivity index (χ3v) is 2.85. The average Bonchev–Trinajstić information content (AvgIpc) is 2.71. The zero-order chi connectivity index (χ0) is 12.4. The highest BCUT2D eigenvalue weighted by Crippen LogP contribution is 2.23. The van der Waals surface area contributed by atoms with Crippen LogP contribution in [-0.2, 0) is 0 Å². The van der Waals surface area contributed by atoms with Crippen molar-refractivity contribution >= 4 is 32.8 Å². The molecule has 0 saturated heterocycles. The summed E-state index contributed by atoms with van der Waals surface area (Å²) in [5.41, 5.74) is 0.662. The lowest BCUT2D eigenvalue weighted by molar-refractivity contribution is 0.0896. The first-order valence-electron chi connectivity index (χ1n) is 5.21. The number of rotatable bonds is 3. The molecule has 1 aromatic carbocycles. The normalized spacial score (nSPS) is 12.6. The van der Waals surface area contributed by atoms with Gasteiger partial charge >= 0.3 is 0 Å². The van der Waals surface area contributed by atoms with E-state index in [0.717, 1.165) is 9.86 Å². The molecule has 0 radical (unpaired) electrons. The van der Waals surface area contributed by atoms with Crippen LogP contribution in [0.15, 0.2) is 33.2 Å². The van der Waals surface area contributed by atoms with Gasteiger partial charge in [-0.15, -0.1) is 0 Å². The smallest absolute Gasteiger partial charge is 0.287 e. The van der Waals surface area contributed by atoms with Crippen molar-refractivity contribution in [3.63, 3.8) is 0 Å². The van der Waals surface area contributed by atoms with E-state index in [2.05, 4.69) is 21.2 Å². The third-order valence-electron chi connectivity index (χ3n) is 2.35. The quantitative estimate of drug-likeness (QED) is 0.914. The minimum absolute atomic E-state index is 0.0997. The van der Waals surface area contributed by atoms with Crippen molar-refractivity contribution in [1.82, 2.24) is 5.32 Å². The van der Waals surface area contributed by atoms with Crippen molar-refractivity contribution in [3.05, 3.63) is 34.5 Å². The summed E-state index contributed by atoms with van der Waals surface area (Å²) in [7, 11) is 0. The number of aliphatic hydroxyl groups excluding tert-OH is 1. The molecule has 1 amide bonds. The van der Waals surface area contributed by atoms with Crippen LogP contribution in [0.4, 0.5) is 0 Å². The summed E-state index contributed by atoms with van der Waals surface area (Å²) in [6.07, 6.45) is 0. The van der Waals surface area contributed by atoms with E-state index in [0.29, 0.717) is 5.58 Å². The van der Waals surface area contributed by atoms with Crippen molar-refractivity contribution in [2.24, 2.45) is 0 Å². The lowest BCUT2D eigenvalue weighted by atomic mass is 10.2. The van der Waals surface area contributed by atoms with E-state index in [1.54, 1.807) is 19.1 Å². The summed E-state index contributed by atoms with van der Waals surface area (Å²) < 4.78 is 6.35. The van der Waals surface area contributed by atoms with E-state index in [1.165, 1.54) is 0 Å². The van der Waals surface area contributed by atoms with Crippen LogP contribution in [0.5, 0.6) is 0 Å². The number of benzene rings is 1. The van der Waals surface area contributed by atoms with Gasteiger partial charge < -0.3 is 14.8 Å². The van der Waals surface area contributed by atoms with E-state index in [-0.39, 0.29) is 24.3 Å². The fourth-order valence-corrected chi connectivity index (χ4v) is 1.85. The Bertz CT molecular complexity index is 550. The van der Waals surface area contributed by atoms with Crippen molar-refractivity contribution in [3.8, 4) is 0 Å². The van der Waals surface area contributed by atoms with Gasteiger partial charge in [0, 0.05) is 15.9 Å². The maximum Gasteiger partial charge on any atom is 0.287 e. The summed E-state index contributed by atoms with van der Waals surface area (Å²) in [5.74, 6) is -0.0720. The summed E-state index contributed by atoms with van der Waals surface area (Å²) in [5, 5.41) is 12.3. The van der Waals surface area contributed by atoms with Gasteiger partial charge in [0.25, 0.3) is 5.91 Å². The number of amides is 1. The topological polar surface area (TPSA) is 62.5 Å². The van der Waals surface area contributed by atoms with Crippen LogP contribution in [0.3, 0.4) is 0 Å². The van der Waals surface area contributed by atoms with E-state index >= 15 is 0 Å². The maximum atomic E-state index is 11.7. The minimum Gasteiger partial charge on any atom is -0.451 e. The fourth-order valence-electron chi connectivity index (χ4n) is 1.47. The first-order valence-corrected chi connectivity index (χ1v) is 6.00. The van der Waals surface area contributed by atoms with Crippen LogP contribution in [0, 0.1) is 0 Å². The van der Waals surface area contributed by atoms with Crippen LogP contribution in [0.1, 0.15) is 17.5 Å². The van der Waals surface area contributed by atoms with Crippen LogP contribution in [-0.4, -0.2) is 23.7 Å². The molecule has 1 atom stereocenters. The molecule has 5 heteroatoms. The monoisotopic (exact) mass is 297 g/mol. The number of hydrogen-bond donors (Lipinski definition) is 2. The summed E-state index contributed by atoms with van der Waals surface area (Å²) in [6.45, 7) is 1.62. The standard InChI is InChI=1S/C12H12BrNO3/c1-7(6-15)14-12(16)11-5-8-4-9(13)2-3-10(8)17-11/h2-5,7,15H,6H2,1H3,(H,14,16). The Morgan fingerprint density at radius 1 is 1.53 bits per heavy atom. The molecule has 1 heterocycles. The third kappa shape index (κ3) is 2.68. The van der Waals surface area contributed by atoms with Crippen molar-refractivity contribution in [2.45, 2.75) is 13.0 Å². The van der Waals surface area contributed by atoms with Gasteiger partial charge in [-0.3, -0.25) is 4.79 Å². The Balaban J connectivity index is 2.27. The molecule has 2 aromatic rings. The zero-order valence-electron chi connectivity index (χ0n) is 9.24. The Kier molecular flexibility index (Phi) is 3.49. The Labute approximate surface area is 107 Å². The number of hydrogen-bond acceptors (Lipinski definition) is 3. The molecule has 90 valence electrons. The van der Waals surface area contributed by atoms with Crippen molar-refractivity contribution in [2.75, 3.05) is 6.61 Å². The molecule has 0 aliphatic rings. The van der Waals surface area contributed by atoms with Gasteiger partial charge in [-0.1, -0.05) is 15.9 Å². The zero-order valence-corrected chi connectivity index (χ0v) is 10.8. The van der Waals surface area contributed by atoms with Gasteiger partial charge in [0.15, 0.2) is 5.76 Å². The van der Waals surface area contributed by atoms with Crippen LogP contribution in [0.25, 0.3) is 11.0 Å². The van der Waals surface area contributed by atoms with Gasteiger partial charge in [-0.25, -0.2) is 0 Å².